The van der Waals surface area contributed by atoms with E-state index in [-0.39, 0.29) is 30.1 Å². The molecule has 0 aliphatic rings. The Kier molecular flexibility index (Phi) is 8.79. The first-order chi connectivity index (χ1) is 8.61. The van der Waals surface area contributed by atoms with Crippen LogP contribution in [0.4, 0.5) is 5.69 Å². The normalized spacial score (nSPS) is 10.2. The van der Waals surface area contributed by atoms with Gasteiger partial charge in [0.05, 0.1) is 6.10 Å². The molecule has 0 atom stereocenters. The van der Waals surface area contributed by atoms with Crippen LogP contribution in [0.15, 0.2) is 29.3 Å². The number of nitrogens with one attached hydrogen (secondary N) is 1. The lowest BCUT2D eigenvalue weighted by molar-refractivity contribution is 0.242. The quantitative estimate of drug-likeness (QED) is 0.369. The molecule has 4 nitrogen and oxygen atoms in total. The largest absolute Gasteiger partial charge is 0.491 e. The van der Waals surface area contributed by atoms with Gasteiger partial charge in [0.25, 0.3) is 0 Å². The first-order valence-electron chi connectivity index (χ1n) is 5.85. The summed E-state index contributed by atoms with van der Waals surface area (Å²) in [4.78, 5) is 4.06. The van der Waals surface area contributed by atoms with Crippen molar-refractivity contribution in [2.24, 2.45) is 10.7 Å². The van der Waals surface area contributed by atoms with Gasteiger partial charge in [0.1, 0.15) is 12.3 Å². The van der Waals surface area contributed by atoms with Gasteiger partial charge in [0.15, 0.2) is 5.96 Å². The molecule has 0 aliphatic carbocycles. The number of hydrogen-bond acceptors (Lipinski definition) is 2. The molecule has 0 aromatic heterocycles. The molecule has 0 spiro atoms. The van der Waals surface area contributed by atoms with E-state index in [1.54, 1.807) is 6.92 Å². The highest BCUT2D eigenvalue weighted by Gasteiger charge is 1.98. The van der Waals surface area contributed by atoms with E-state index in [4.69, 9.17) is 10.5 Å². The zero-order valence-electron chi connectivity index (χ0n) is 11.4. The average molecular weight is 373 g/mol. The van der Waals surface area contributed by atoms with Gasteiger partial charge in [-0.15, -0.1) is 29.9 Å². The minimum Gasteiger partial charge on any atom is -0.491 e. The summed E-state index contributed by atoms with van der Waals surface area (Å²) in [5.74, 6) is 6.77. The number of guanidine groups is 1. The third-order valence-corrected chi connectivity index (χ3v) is 2.00. The summed E-state index contributed by atoms with van der Waals surface area (Å²) in [6.07, 6.45) is 0.169. The Hall–Kier alpha value is -1.42. The van der Waals surface area contributed by atoms with Crippen molar-refractivity contribution in [3.05, 3.63) is 24.3 Å². The van der Waals surface area contributed by atoms with Crippen LogP contribution in [-0.4, -0.2) is 18.6 Å². The third-order valence-electron chi connectivity index (χ3n) is 2.00. The fourth-order valence-electron chi connectivity index (χ4n) is 1.28. The molecule has 0 bridgehead atoms. The van der Waals surface area contributed by atoms with Crippen molar-refractivity contribution in [3.63, 3.8) is 0 Å². The highest BCUT2D eigenvalue weighted by Crippen LogP contribution is 2.16. The minimum atomic E-state index is 0. The molecular formula is C14H20IN3O. The maximum atomic E-state index is 5.71. The van der Waals surface area contributed by atoms with Crippen molar-refractivity contribution in [2.45, 2.75) is 26.9 Å². The van der Waals surface area contributed by atoms with Crippen LogP contribution in [-0.2, 0) is 0 Å². The highest BCUT2D eigenvalue weighted by atomic mass is 127. The van der Waals surface area contributed by atoms with E-state index in [9.17, 15) is 0 Å². The Morgan fingerprint density at radius 3 is 2.53 bits per heavy atom. The van der Waals surface area contributed by atoms with Gasteiger partial charge in [0.2, 0.25) is 0 Å². The van der Waals surface area contributed by atoms with E-state index in [2.05, 4.69) is 22.2 Å². The minimum absolute atomic E-state index is 0. The molecule has 0 aliphatic heterocycles. The van der Waals surface area contributed by atoms with Gasteiger partial charge in [-0.05, 0) is 45.0 Å². The van der Waals surface area contributed by atoms with E-state index >= 15 is 0 Å². The van der Waals surface area contributed by atoms with Crippen LogP contribution in [0.25, 0.3) is 0 Å². The molecule has 19 heavy (non-hydrogen) atoms. The van der Waals surface area contributed by atoms with E-state index in [0.29, 0.717) is 12.5 Å². The van der Waals surface area contributed by atoms with Crippen LogP contribution in [0, 0.1) is 11.8 Å². The average Bonchev–Trinajstić information content (AvgIpc) is 2.31. The Morgan fingerprint density at radius 2 is 2.00 bits per heavy atom. The van der Waals surface area contributed by atoms with Crippen LogP contribution in [0.5, 0.6) is 5.75 Å². The van der Waals surface area contributed by atoms with Crippen molar-refractivity contribution < 1.29 is 4.74 Å². The second-order valence-corrected chi connectivity index (χ2v) is 3.94. The second-order valence-electron chi connectivity index (χ2n) is 3.94. The maximum absolute atomic E-state index is 5.71. The Bertz CT molecular complexity index is 458. The lowest BCUT2D eigenvalue weighted by Gasteiger charge is -2.10. The number of rotatable bonds is 4. The van der Waals surface area contributed by atoms with E-state index < -0.39 is 0 Å². The van der Waals surface area contributed by atoms with E-state index in [1.165, 1.54) is 0 Å². The summed E-state index contributed by atoms with van der Waals surface area (Å²) in [7, 11) is 0. The molecule has 0 heterocycles. The predicted octanol–water partition coefficient (Wildman–Crippen LogP) is 2.84. The lowest BCUT2D eigenvalue weighted by Crippen LogP contribution is -2.22. The van der Waals surface area contributed by atoms with Crippen LogP contribution in [0.2, 0.25) is 0 Å². The van der Waals surface area contributed by atoms with E-state index in [1.807, 2.05) is 38.1 Å². The molecule has 0 amide bonds. The number of nitrogens with zero attached hydrogens (tertiary/aromatic N) is 1. The summed E-state index contributed by atoms with van der Waals surface area (Å²) in [6, 6.07) is 7.57. The molecule has 1 aromatic rings. The standard InChI is InChI=1S/C14H19N3O.HI/c1-4-5-10-16-14(15)17-12-6-8-13(9-7-12)18-11(2)3;/h6-9,11H,10H2,1-3H3,(H3,15,16,17);1H. The second kappa shape index (κ2) is 9.50. The summed E-state index contributed by atoms with van der Waals surface area (Å²) in [5.41, 5.74) is 6.58. The Morgan fingerprint density at radius 1 is 1.37 bits per heavy atom. The van der Waals surface area contributed by atoms with Crippen LogP contribution in [0.3, 0.4) is 0 Å². The molecule has 5 heteroatoms. The summed E-state index contributed by atoms with van der Waals surface area (Å²) in [5, 5.41) is 2.99. The fourth-order valence-corrected chi connectivity index (χ4v) is 1.28. The number of anilines is 1. The maximum Gasteiger partial charge on any atom is 0.194 e. The van der Waals surface area contributed by atoms with Gasteiger partial charge in [-0.1, -0.05) is 5.92 Å². The Balaban J connectivity index is 0.00000324. The zero-order chi connectivity index (χ0) is 13.4. The van der Waals surface area contributed by atoms with Crippen LogP contribution in [0.1, 0.15) is 20.8 Å². The number of nitrogens with two attached hydrogens (primary N) is 1. The number of aliphatic imine (C=N–C) groups is 1. The van der Waals surface area contributed by atoms with Gasteiger partial charge in [0, 0.05) is 5.69 Å². The van der Waals surface area contributed by atoms with Gasteiger partial charge in [-0.25, -0.2) is 4.99 Å². The van der Waals surface area contributed by atoms with Gasteiger partial charge < -0.3 is 15.8 Å². The summed E-state index contributed by atoms with van der Waals surface area (Å²) < 4.78 is 5.55. The monoisotopic (exact) mass is 373 g/mol. The number of benzene rings is 1. The van der Waals surface area contributed by atoms with Crippen molar-refractivity contribution in [1.29, 1.82) is 0 Å². The highest BCUT2D eigenvalue weighted by molar-refractivity contribution is 14.0. The van der Waals surface area contributed by atoms with Gasteiger partial charge >= 0.3 is 0 Å². The molecule has 0 radical (unpaired) electrons. The first-order valence-corrected chi connectivity index (χ1v) is 5.85. The van der Waals surface area contributed by atoms with Crippen molar-refractivity contribution in [3.8, 4) is 17.6 Å². The molecule has 104 valence electrons. The number of ether oxygens (including phenoxy) is 1. The molecule has 1 aromatic carbocycles. The predicted molar refractivity (Wildman–Crippen MR) is 91.2 cm³/mol. The molecule has 1 rings (SSSR count). The van der Waals surface area contributed by atoms with Crippen molar-refractivity contribution >= 4 is 35.6 Å². The zero-order valence-corrected chi connectivity index (χ0v) is 13.8. The molecule has 0 saturated carbocycles. The topological polar surface area (TPSA) is 59.6 Å². The summed E-state index contributed by atoms with van der Waals surface area (Å²) >= 11 is 0. The van der Waals surface area contributed by atoms with Gasteiger partial charge in [-0.3, -0.25) is 0 Å². The molecule has 0 saturated heterocycles. The molecule has 0 fully saturated rings. The SMILES string of the molecule is CC#CCN=C(N)Nc1ccc(OC(C)C)cc1.I. The first kappa shape index (κ1) is 17.6. The van der Waals surface area contributed by atoms with Crippen molar-refractivity contribution in [2.75, 3.05) is 11.9 Å². The molecule has 0 unspecified atom stereocenters. The molecule has 3 N–H and O–H groups in total. The number of hydrogen-bond donors (Lipinski definition) is 2. The smallest absolute Gasteiger partial charge is 0.194 e. The van der Waals surface area contributed by atoms with Gasteiger partial charge in [-0.2, -0.15) is 0 Å². The van der Waals surface area contributed by atoms with Crippen LogP contribution >= 0.6 is 24.0 Å². The lowest BCUT2D eigenvalue weighted by atomic mass is 10.3. The molecular weight excluding hydrogens is 353 g/mol. The number of halogens is 1. The van der Waals surface area contributed by atoms with Crippen LogP contribution < -0.4 is 15.8 Å². The Labute approximate surface area is 131 Å². The third kappa shape index (κ3) is 7.57. The van der Waals surface area contributed by atoms with Crippen molar-refractivity contribution in [1.82, 2.24) is 0 Å². The van der Waals surface area contributed by atoms with E-state index in [0.717, 1.165) is 11.4 Å². The fraction of sp³-hybridized carbons (Fsp3) is 0.357. The summed E-state index contributed by atoms with van der Waals surface area (Å²) in [6.45, 7) is 6.16.